The molecule has 0 bridgehead atoms. The first kappa shape index (κ1) is 20.0. The third kappa shape index (κ3) is 6.20. The molecule has 0 radical (unpaired) electrons. The molecular weight excluding hydrogens is 308 g/mol. The minimum atomic E-state index is -0.734. The van der Waals surface area contributed by atoms with Crippen LogP contribution in [-0.2, 0) is 14.3 Å². The van der Waals surface area contributed by atoms with Crippen LogP contribution in [0.2, 0.25) is 0 Å². The summed E-state index contributed by atoms with van der Waals surface area (Å²) in [6, 6.07) is 5.67. The third-order valence-electron chi connectivity index (χ3n) is 3.77. The number of carbonyl (C=O) groups excluding carboxylic acids is 2. The summed E-state index contributed by atoms with van der Waals surface area (Å²) >= 11 is 0. The van der Waals surface area contributed by atoms with Crippen LogP contribution in [0.3, 0.4) is 0 Å². The van der Waals surface area contributed by atoms with E-state index < -0.39 is 24.0 Å². The van der Waals surface area contributed by atoms with E-state index in [1.165, 1.54) is 0 Å². The predicted octanol–water partition coefficient (Wildman–Crippen LogP) is 2.42. The number of nitrogens with one attached hydrogen (secondary N) is 2. The van der Waals surface area contributed by atoms with Gasteiger partial charge in [0.15, 0.2) is 6.10 Å². The average Bonchev–Trinajstić information content (AvgIpc) is 2.56. The minimum absolute atomic E-state index is 0.390. The molecule has 2 N–H and O–H groups in total. The highest BCUT2D eigenvalue weighted by Gasteiger charge is 2.18. The van der Waals surface area contributed by atoms with Crippen LogP contribution in [0, 0.1) is 13.8 Å². The van der Waals surface area contributed by atoms with Crippen molar-refractivity contribution < 1.29 is 19.1 Å². The molecule has 2 atom stereocenters. The number of hydrogen-bond donors (Lipinski definition) is 2. The molecule has 0 spiro atoms. The molecule has 0 aliphatic carbocycles. The summed E-state index contributed by atoms with van der Waals surface area (Å²) in [5.74, 6) is -0.163. The van der Waals surface area contributed by atoms with Gasteiger partial charge >= 0.3 is 0 Å². The Labute approximate surface area is 143 Å². The largest absolute Gasteiger partial charge is 0.481 e. The number of benzene rings is 1. The zero-order valence-corrected chi connectivity index (χ0v) is 15.1. The number of hydrogen-bond acceptors (Lipinski definition) is 4. The lowest BCUT2D eigenvalue weighted by Crippen LogP contribution is -2.50. The average molecular weight is 336 g/mol. The van der Waals surface area contributed by atoms with Crippen LogP contribution in [0.25, 0.3) is 0 Å². The molecule has 24 heavy (non-hydrogen) atoms. The van der Waals surface area contributed by atoms with Gasteiger partial charge in [0.2, 0.25) is 0 Å². The molecule has 1 aromatic carbocycles. The normalized spacial score (nSPS) is 13.0. The highest BCUT2D eigenvalue weighted by atomic mass is 16.5. The molecule has 0 aliphatic heterocycles. The standard InChI is InChI=1S/C18H28N2O4/c1-6-7-11-23-14(4)17(21)19-20-18(22)15(5)24-16-10-8-9-12(2)13(16)3/h8-10,14-15H,6-7,11H2,1-5H3,(H,19,21)(H,20,22)/t14-,15-/m0/s1. The topological polar surface area (TPSA) is 76.7 Å². The molecule has 6 heteroatoms. The summed E-state index contributed by atoms with van der Waals surface area (Å²) in [7, 11) is 0. The molecule has 0 unspecified atom stereocenters. The maximum absolute atomic E-state index is 12.0. The van der Waals surface area contributed by atoms with Gasteiger partial charge < -0.3 is 9.47 Å². The number of ether oxygens (including phenoxy) is 2. The lowest BCUT2D eigenvalue weighted by Gasteiger charge is -2.18. The molecule has 2 amide bonds. The zero-order chi connectivity index (χ0) is 18.1. The lowest BCUT2D eigenvalue weighted by atomic mass is 10.1. The number of amides is 2. The Kier molecular flexibility index (Phi) is 8.26. The van der Waals surface area contributed by atoms with Crippen molar-refractivity contribution in [1.82, 2.24) is 10.9 Å². The van der Waals surface area contributed by atoms with E-state index >= 15 is 0 Å². The van der Waals surface area contributed by atoms with Crippen LogP contribution in [0.15, 0.2) is 18.2 Å². The Morgan fingerprint density at radius 3 is 2.33 bits per heavy atom. The zero-order valence-electron chi connectivity index (χ0n) is 15.1. The molecule has 1 rings (SSSR count). The van der Waals surface area contributed by atoms with E-state index in [1.807, 2.05) is 39.0 Å². The Bertz CT molecular complexity index is 560. The number of unbranched alkanes of at least 4 members (excludes halogenated alkanes) is 1. The van der Waals surface area contributed by atoms with Crippen LogP contribution in [0.4, 0.5) is 0 Å². The first-order chi connectivity index (χ1) is 11.4. The van der Waals surface area contributed by atoms with Crippen molar-refractivity contribution in [2.75, 3.05) is 6.61 Å². The van der Waals surface area contributed by atoms with Gasteiger partial charge in [0, 0.05) is 6.61 Å². The molecule has 134 valence electrons. The predicted molar refractivity (Wildman–Crippen MR) is 92.6 cm³/mol. The van der Waals surface area contributed by atoms with Gasteiger partial charge in [-0.1, -0.05) is 25.5 Å². The van der Waals surface area contributed by atoms with Gasteiger partial charge in [-0.25, -0.2) is 0 Å². The molecule has 0 saturated heterocycles. The summed E-state index contributed by atoms with van der Waals surface area (Å²) < 4.78 is 11.0. The van der Waals surface area contributed by atoms with Gasteiger partial charge in [-0.2, -0.15) is 0 Å². The maximum atomic E-state index is 12.0. The number of hydrazine groups is 1. The second kappa shape index (κ2) is 9.93. The van der Waals surface area contributed by atoms with E-state index in [9.17, 15) is 9.59 Å². The van der Waals surface area contributed by atoms with Crippen molar-refractivity contribution >= 4 is 11.8 Å². The number of carbonyl (C=O) groups is 2. The summed E-state index contributed by atoms with van der Waals surface area (Å²) in [5.41, 5.74) is 6.80. The molecule has 0 aliphatic rings. The molecule has 0 saturated carbocycles. The van der Waals surface area contributed by atoms with Gasteiger partial charge in [0.1, 0.15) is 11.9 Å². The summed E-state index contributed by atoms with van der Waals surface area (Å²) in [6.45, 7) is 9.76. The summed E-state index contributed by atoms with van der Waals surface area (Å²) in [6.07, 6.45) is 0.539. The van der Waals surface area contributed by atoms with Crippen LogP contribution in [0.5, 0.6) is 5.75 Å². The third-order valence-corrected chi connectivity index (χ3v) is 3.77. The highest BCUT2D eigenvalue weighted by molar-refractivity contribution is 5.86. The van der Waals surface area contributed by atoms with Crippen LogP contribution < -0.4 is 15.6 Å². The van der Waals surface area contributed by atoms with Gasteiger partial charge in [-0.3, -0.25) is 20.4 Å². The van der Waals surface area contributed by atoms with Gasteiger partial charge in [0.25, 0.3) is 11.8 Å². The van der Waals surface area contributed by atoms with Crippen molar-refractivity contribution in [3.05, 3.63) is 29.3 Å². The van der Waals surface area contributed by atoms with E-state index in [4.69, 9.17) is 9.47 Å². The van der Waals surface area contributed by atoms with Crippen molar-refractivity contribution in [3.63, 3.8) is 0 Å². The van der Waals surface area contributed by atoms with Crippen molar-refractivity contribution in [3.8, 4) is 5.75 Å². The maximum Gasteiger partial charge on any atom is 0.279 e. The fraction of sp³-hybridized carbons (Fsp3) is 0.556. The van der Waals surface area contributed by atoms with Crippen molar-refractivity contribution in [1.29, 1.82) is 0 Å². The Morgan fingerprint density at radius 2 is 1.71 bits per heavy atom. The molecule has 1 aromatic rings. The van der Waals surface area contributed by atoms with E-state index in [2.05, 4.69) is 10.9 Å². The molecule has 0 aromatic heterocycles. The lowest BCUT2D eigenvalue weighted by molar-refractivity contribution is -0.138. The van der Waals surface area contributed by atoms with Crippen LogP contribution >= 0.6 is 0 Å². The Balaban J connectivity index is 2.44. The molecule has 6 nitrogen and oxygen atoms in total. The quantitative estimate of drug-likeness (QED) is 0.565. The van der Waals surface area contributed by atoms with Crippen molar-refractivity contribution in [2.45, 2.75) is 59.7 Å². The number of aryl methyl sites for hydroxylation is 1. The van der Waals surface area contributed by atoms with E-state index in [0.717, 1.165) is 24.0 Å². The number of rotatable bonds is 8. The smallest absolute Gasteiger partial charge is 0.279 e. The first-order valence-corrected chi connectivity index (χ1v) is 8.31. The molecule has 0 fully saturated rings. The Hall–Kier alpha value is -2.08. The summed E-state index contributed by atoms with van der Waals surface area (Å²) in [5, 5.41) is 0. The van der Waals surface area contributed by atoms with E-state index in [1.54, 1.807) is 13.8 Å². The van der Waals surface area contributed by atoms with Gasteiger partial charge in [-0.05, 0) is 51.3 Å². The van der Waals surface area contributed by atoms with Crippen LogP contribution in [0.1, 0.15) is 44.7 Å². The first-order valence-electron chi connectivity index (χ1n) is 8.31. The minimum Gasteiger partial charge on any atom is -0.481 e. The molecular formula is C18H28N2O4. The van der Waals surface area contributed by atoms with E-state index in [-0.39, 0.29) is 0 Å². The van der Waals surface area contributed by atoms with Gasteiger partial charge in [0.05, 0.1) is 0 Å². The fourth-order valence-corrected chi connectivity index (χ4v) is 1.90. The SMILES string of the molecule is CCCCO[C@@H](C)C(=O)NNC(=O)[C@H](C)Oc1cccc(C)c1C. The summed E-state index contributed by atoms with van der Waals surface area (Å²) in [4.78, 5) is 23.9. The monoisotopic (exact) mass is 336 g/mol. The fourth-order valence-electron chi connectivity index (χ4n) is 1.90. The Morgan fingerprint density at radius 1 is 1.08 bits per heavy atom. The van der Waals surface area contributed by atoms with Crippen LogP contribution in [-0.4, -0.2) is 30.6 Å². The molecule has 0 heterocycles. The second-order valence-corrected chi connectivity index (χ2v) is 5.80. The highest BCUT2D eigenvalue weighted by Crippen LogP contribution is 2.21. The van der Waals surface area contributed by atoms with Crippen molar-refractivity contribution in [2.24, 2.45) is 0 Å². The van der Waals surface area contributed by atoms with E-state index in [0.29, 0.717) is 12.4 Å². The second-order valence-electron chi connectivity index (χ2n) is 5.80. The van der Waals surface area contributed by atoms with Gasteiger partial charge in [-0.15, -0.1) is 0 Å².